The molecular weight excluding hydrogens is 296 g/mol. The van der Waals surface area contributed by atoms with Crippen LogP contribution in [-0.2, 0) is 13.5 Å². The summed E-state index contributed by atoms with van der Waals surface area (Å²) < 4.78 is 2.21. The first-order chi connectivity index (χ1) is 11.7. The number of nitrogens with two attached hydrogens (primary N) is 1. The summed E-state index contributed by atoms with van der Waals surface area (Å²) in [6, 6.07) is 19.2. The van der Waals surface area contributed by atoms with E-state index in [0.29, 0.717) is 5.92 Å². The molecule has 4 rings (SSSR count). The van der Waals surface area contributed by atoms with E-state index < -0.39 is 0 Å². The van der Waals surface area contributed by atoms with Crippen molar-refractivity contribution in [3.8, 4) is 0 Å². The molecule has 1 aliphatic rings. The maximum Gasteiger partial charge on any atom is 0.110 e. The van der Waals surface area contributed by atoms with Crippen molar-refractivity contribution < 1.29 is 0 Å². The molecule has 1 aromatic heterocycles. The summed E-state index contributed by atoms with van der Waals surface area (Å²) in [5, 5.41) is 0. The summed E-state index contributed by atoms with van der Waals surface area (Å²) in [5.41, 5.74) is 10.0. The number of nitrogens with zero attached hydrogens (tertiary/aromatic N) is 3. The molecule has 1 saturated heterocycles. The summed E-state index contributed by atoms with van der Waals surface area (Å²) >= 11 is 0. The standard InChI is InChI=1S/C20H24N4/c1-23-19-10-6-5-9-18(19)22-20(23)11-12-24-13-16(17(21)14-24)15-7-3-2-4-8-15/h2-10,16-17H,11-14,21H2,1H3/t16-,17+/m0/s1. The second-order valence-corrected chi connectivity index (χ2v) is 6.77. The van der Waals surface area contributed by atoms with E-state index in [1.807, 2.05) is 6.07 Å². The average molecular weight is 320 g/mol. The van der Waals surface area contributed by atoms with Gasteiger partial charge in [-0.25, -0.2) is 4.98 Å². The second-order valence-electron chi connectivity index (χ2n) is 6.77. The molecule has 2 aromatic carbocycles. The van der Waals surface area contributed by atoms with E-state index in [2.05, 4.69) is 65.0 Å². The number of aromatic nitrogens is 2. The van der Waals surface area contributed by atoms with Crippen molar-refractivity contribution in [2.45, 2.75) is 18.4 Å². The Hall–Kier alpha value is -2.17. The van der Waals surface area contributed by atoms with Gasteiger partial charge < -0.3 is 15.2 Å². The van der Waals surface area contributed by atoms with Gasteiger partial charge in [0.15, 0.2) is 0 Å². The SMILES string of the molecule is Cn1c(CCN2C[C@@H](N)[C@H](c3ccccc3)C2)nc2ccccc21. The topological polar surface area (TPSA) is 47.1 Å². The fourth-order valence-corrected chi connectivity index (χ4v) is 3.83. The van der Waals surface area contributed by atoms with Crippen LogP contribution in [0.25, 0.3) is 11.0 Å². The number of imidazole rings is 1. The van der Waals surface area contributed by atoms with E-state index in [1.165, 1.54) is 11.1 Å². The summed E-state index contributed by atoms with van der Waals surface area (Å²) in [5.74, 6) is 1.58. The lowest BCUT2D eigenvalue weighted by atomic mass is 9.95. The molecule has 4 heteroatoms. The van der Waals surface area contributed by atoms with Crippen molar-refractivity contribution in [1.82, 2.24) is 14.5 Å². The third-order valence-corrected chi connectivity index (χ3v) is 5.20. The van der Waals surface area contributed by atoms with Gasteiger partial charge in [-0.15, -0.1) is 0 Å². The van der Waals surface area contributed by atoms with Crippen LogP contribution < -0.4 is 5.73 Å². The highest BCUT2D eigenvalue weighted by Crippen LogP contribution is 2.26. The number of benzene rings is 2. The first-order valence-electron chi connectivity index (χ1n) is 8.65. The highest BCUT2D eigenvalue weighted by molar-refractivity contribution is 5.75. The predicted molar refractivity (Wildman–Crippen MR) is 98.0 cm³/mol. The fourth-order valence-electron chi connectivity index (χ4n) is 3.83. The van der Waals surface area contributed by atoms with Gasteiger partial charge in [-0.3, -0.25) is 0 Å². The van der Waals surface area contributed by atoms with Crippen LogP contribution >= 0.6 is 0 Å². The van der Waals surface area contributed by atoms with Crippen molar-refractivity contribution in [1.29, 1.82) is 0 Å². The number of fused-ring (bicyclic) bond motifs is 1. The van der Waals surface area contributed by atoms with E-state index in [-0.39, 0.29) is 6.04 Å². The second kappa shape index (κ2) is 6.38. The van der Waals surface area contributed by atoms with E-state index >= 15 is 0 Å². The van der Waals surface area contributed by atoms with Gasteiger partial charge in [0, 0.05) is 45.1 Å². The van der Waals surface area contributed by atoms with Crippen LogP contribution in [0.15, 0.2) is 54.6 Å². The number of likely N-dealkylation sites (tertiary alicyclic amines) is 1. The van der Waals surface area contributed by atoms with Crippen molar-refractivity contribution >= 4 is 11.0 Å². The maximum atomic E-state index is 6.40. The number of hydrogen-bond acceptors (Lipinski definition) is 3. The Bertz CT molecular complexity index is 824. The van der Waals surface area contributed by atoms with Gasteiger partial charge >= 0.3 is 0 Å². The highest BCUT2D eigenvalue weighted by Gasteiger charge is 2.30. The van der Waals surface area contributed by atoms with Gasteiger partial charge in [0.2, 0.25) is 0 Å². The van der Waals surface area contributed by atoms with Crippen LogP contribution in [0, 0.1) is 0 Å². The van der Waals surface area contributed by atoms with E-state index in [9.17, 15) is 0 Å². The minimum absolute atomic E-state index is 0.216. The van der Waals surface area contributed by atoms with Crippen molar-refractivity contribution in [2.24, 2.45) is 12.8 Å². The highest BCUT2D eigenvalue weighted by atomic mass is 15.2. The first kappa shape index (κ1) is 15.4. The van der Waals surface area contributed by atoms with Crippen LogP contribution in [0.2, 0.25) is 0 Å². The molecule has 124 valence electrons. The van der Waals surface area contributed by atoms with Crippen LogP contribution in [-0.4, -0.2) is 40.1 Å². The smallest absolute Gasteiger partial charge is 0.110 e. The molecule has 4 nitrogen and oxygen atoms in total. The maximum absolute atomic E-state index is 6.40. The molecular formula is C20H24N4. The van der Waals surface area contributed by atoms with Gasteiger partial charge in [-0.05, 0) is 17.7 Å². The number of hydrogen-bond donors (Lipinski definition) is 1. The third kappa shape index (κ3) is 2.83. The van der Waals surface area contributed by atoms with E-state index in [0.717, 1.165) is 37.4 Å². The molecule has 0 aliphatic carbocycles. The fraction of sp³-hybridized carbons (Fsp3) is 0.350. The minimum atomic E-state index is 0.216. The van der Waals surface area contributed by atoms with E-state index in [4.69, 9.17) is 10.7 Å². The zero-order valence-electron chi connectivity index (χ0n) is 14.1. The van der Waals surface area contributed by atoms with Crippen molar-refractivity contribution in [3.05, 3.63) is 66.0 Å². The minimum Gasteiger partial charge on any atom is -0.331 e. The van der Waals surface area contributed by atoms with Crippen molar-refractivity contribution in [2.75, 3.05) is 19.6 Å². The molecule has 0 spiro atoms. The molecule has 0 saturated carbocycles. The van der Waals surface area contributed by atoms with Crippen LogP contribution in [0.3, 0.4) is 0 Å². The predicted octanol–water partition coefficient (Wildman–Crippen LogP) is 2.54. The lowest BCUT2D eigenvalue weighted by molar-refractivity contribution is 0.332. The molecule has 0 unspecified atom stereocenters. The largest absolute Gasteiger partial charge is 0.331 e. The lowest BCUT2D eigenvalue weighted by Gasteiger charge is -2.16. The molecule has 2 atom stereocenters. The molecule has 24 heavy (non-hydrogen) atoms. The number of aryl methyl sites for hydroxylation is 1. The molecule has 0 bridgehead atoms. The molecule has 0 radical (unpaired) electrons. The molecule has 1 fully saturated rings. The molecule has 2 heterocycles. The normalized spacial score (nSPS) is 21.6. The Morgan fingerprint density at radius 1 is 1.04 bits per heavy atom. The first-order valence-corrected chi connectivity index (χ1v) is 8.65. The van der Waals surface area contributed by atoms with Crippen LogP contribution in [0.1, 0.15) is 17.3 Å². The summed E-state index contributed by atoms with van der Waals surface area (Å²) in [7, 11) is 2.10. The van der Waals surface area contributed by atoms with Crippen molar-refractivity contribution in [3.63, 3.8) is 0 Å². The molecule has 1 aliphatic heterocycles. The molecule has 2 N–H and O–H groups in total. The van der Waals surface area contributed by atoms with Gasteiger partial charge in [0.1, 0.15) is 5.82 Å². The summed E-state index contributed by atoms with van der Waals surface area (Å²) in [6.45, 7) is 3.01. The van der Waals surface area contributed by atoms with Crippen LogP contribution in [0.5, 0.6) is 0 Å². The Morgan fingerprint density at radius 2 is 1.79 bits per heavy atom. The summed E-state index contributed by atoms with van der Waals surface area (Å²) in [6.07, 6.45) is 0.958. The Balaban J connectivity index is 1.44. The average Bonchev–Trinajstić information content (AvgIpc) is 3.14. The van der Waals surface area contributed by atoms with Gasteiger partial charge in [-0.1, -0.05) is 42.5 Å². The molecule has 3 aromatic rings. The molecule has 0 amide bonds. The monoisotopic (exact) mass is 320 g/mol. The van der Waals surface area contributed by atoms with Gasteiger partial charge in [-0.2, -0.15) is 0 Å². The lowest BCUT2D eigenvalue weighted by Crippen LogP contribution is -2.29. The third-order valence-electron chi connectivity index (χ3n) is 5.20. The number of para-hydroxylation sites is 2. The quantitative estimate of drug-likeness (QED) is 0.803. The number of rotatable bonds is 4. The van der Waals surface area contributed by atoms with Gasteiger partial charge in [0.05, 0.1) is 11.0 Å². The Labute approximate surface area is 142 Å². The van der Waals surface area contributed by atoms with Gasteiger partial charge in [0.25, 0.3) is 0 Å². The zero-order valence-corrected chi connectivity index (χ0v) is 14.1. The Kier molecular flexibility index (Phi) is 4.08. The van der Waals surface area contributed by atoms with Crippen LogP contribution in [0.4, 0.5) is 0 Å². The van der Waals surface area contributed by atoms with E-state index in [1.54, 1.807) is 0 Å². The summed E-state index contributed by atoms with van der Waals surface area (Å²) in [4.78, 5) is 7.25. The zero-order chi connectivity index (χ0) is 16.5. The Morgan fingerprint density at radius 3 is 2.58 bits per heavy atom.